The molecule has 2 aromatic carbocycles. The smallest absolute Gasteiger partial charge is 0.267 e. The third-order valence-electron chi connectivity index (χ3n) is 4.43. The van der Waals surface area contributed by atoms with Crippen LogP contribution in [-0.2, 0) is 0 Å². The van der Waals surface area contributed by atoms with Gasteiger partial charge in [0.05, 0.1) is 17.0 Å². The standard InChI is InChI=1S/C20H16Br2ClN5O2S2/c1-10-25-17-15(6-11(21)7-16(17)22)18(30)28(10)19-26-27-20(32-19)31-9-14(29)8-24-13-4-2-12(23)3-5-13/h2-7,14,24,29H,8-9H2,1H3. The second-order valence-electron chi connectivity index (χ2n) is 6.79. The van der Waals surface area contributed by atoms with Gasteiger partial charge in [0.2, 0.25) is 5.13 Å². The summed E-state index contributed by atoms with van der Waals surface area (Å²) in [7, 11) is 0. The first-order valence-electron chi connectivity index (χ1n) is 9.34. The third kappa shape index (κ3) is 5.35. The van der Waals surface area contributed by atoms with E-state index in [1.165, 1.54) is 27.7 Å². The maximum absolute atomic E-state index is 13.1. The molecular weight excluding hydrogens is 602 g/mol. The predicted octanol–water partition coefficient (Wildman–Crippen LogP) is 5.29. The molecule has 0 aliphatic carbocycles. The van der Waals surface area contributed by atoms with Crippen molar-refractivity contribution in [2.75, 3.05) is 17.6 Å². The van der Waals surface area contributed by atoms with Crippen molar-refractivity contribution in [3.05, 3.63) is 66.5 Å². The van der Waals surface area contributed by atoms with Crippen LogP contribution < -0.4 is 10.9 Å². The van der Waals surface area contributed by atoms with E-state index in [0.29, 0.717) is 43.5 Å². The van der Waals surface area contributed by atoms with Gasteiger partial charge in [0.25, 0.3) is 5.56 Å². The summed E-state index contributed by atoms with van der Waals surface area (Å²) in [5.41, 5.74) is 1.27. The minimum absolute atomic E-state index is 0.214. The number of nitrogens with one attached hydrogen (secondary N) is 1. The maximum Gasteiger partial charge on any atom is 0.267 e. The van der Waals surface area contributed by atoms with Gasteiger partial charge >= 0.3 is 0 Å². The zero-order chi connectivity index (χ0) is 22.8. The number of fused-ring (bicyclic) bond motifs is 1. The summed E-state index contributed by atoms with van der Waals surface area (Å²) >= 11 is 15.4. The molecule has 0 spiro atoms. The molecule has 4 aromatic rings. The fourth-order valence-electron chi connectivity index (χ4n) is 2.93. The van der Waals surface area contributed by atoms with Gasteiger partial charge in [-0.05, 0) is 59.3 Å². The van der Waals surface area contributed by atoms with Gasteiger partial charge in [-0.25, -0.2) is 9.55 Å². The van der Waals surface area contributed by atoms with Crippen molar-refractivity contribution in [2.45, 2.75) is 17.4 Å². The van der Waals surface area contributed by atoms with Crippen LogP contribution in [0, 0.1) is 6.92 Å². The van der Waals surface area contributed by atoms with E-state index in [1.807, 2.05) is 18.2 Å². The lowest BCUT2D eigenvalue weighted by atomic mass is 10.2. The van der Waals surface area contributed by atoms with E-state index in [-0.39, 0.29) is 5.56 Å². The summed E-state index contributed by atoms with van der Waals surface area (Å²) in [4.78, 5) is 17.7. The molecule has 2 aromatic heterocycles. The Morgan fingerprint density at radius 1 is 1.25 bits per heavy atom. The van der Waals surface area contributed by atoms with Gasteiger partial charge in [0.15, 0.2) is 4.34 Å². The molecule has 4 rings (SSSR count). The number of aromatic nitrogens is 4. The number of rotatable bonds is 7. The summed E-state index contributed by atoms with van der Waals surface area (Å²) in [5, 5.41) is 23.4. The van der Waals surface area contributed by atoms with Crippen LogP contribution in [0.4, 0.5) is 5.69 Å². The molecule has 166 valence electrons. The van der Waals surface area contributed by atoms with Crippen LogP contribution in [0.5, 0.6) is 0 Å². The van der Waals surface area contributed by atoms with Gasteiger partial charge in [0.1, 0.15) is 5.82 Å². The van der Waals surface area contributed by atoms with Crippen molar-refractivity contribution in [1.29, 1.82) is 0 Å². The van der Waals surface area contributed by atoms with E-state index in [0.717, 1.165) is 14.6 Å². The predicted molar refractivity (Wildman–Crippen MR) is 138 cm³/mol. The molecule has 0 aliphatic heterocycles. The fourth-order valence-corrected chi connectivity index (χ4v) is 6.21. The SMILES string of the molecule is Cc1nc2c(Br)cc(Br)cc2c(=O)n1-c1nnc(SCC(O)CNc2ccc(Cl)cc2)s1. The molecule has 12 heteroatoms. The van der Waals surface area contributed by atoms with Crippen LogP contribution in [0.25, 0.3) is 16.0 Å². The zero-order valence-electron chi connectivity index (χ0n) is 16.6. The molecule has 0 saturated carbocycles. The molecule has 1 atom stereocenters. The number of benzene rings is 2. The lowest BCUT2D eigenvalue weighted by Gasteiger charge is -2.11. The van der Waals surface area contributed by atoms with E-state index in [9.17, 15) is 9.90 Å². The van der Waals surface area contributed by atoms with Crippen LogP contribution in [0.2, 0.25) is 5.02 Å². The number of halogens is 3. The Balaban J connectivity index is 1.46. The third-order valence-corrected chi connectivity index (χ3v) is 7.93. The molecule has 0 amide bonds. The van der Waals surface area contributed by atoms with E-state index in [4.69, 9.17) is 11.6 Å². The van der Waals surface area contributed by atoms with Gasteiger partial charge in [-0.1, -0.05) is 50.6 Å². The van der Waals surface area contributed by atoms with Crippen LogP contribution in [0.3, 0.4) is 0 Å². The Bertz CT molecular complexity index is 1330. The highest BCUT2D eigenvalue weighted by Gasteiger charge is 2.17. The first-order chi connectivity index (χ1) is 15.3. The average Bonchev–Trinajstić information content (AvgIpc) is 3.21. The number of thioether (sulfide) groups is 1. The highest BCUT2D eigenvalue weighted by Crippen LogP contribution is 2.28. The normalized spacial score (nSPS) is 12.3. The second-order valence-corrected chi connectivity index (χ2v) is 11.2. The Morgan fingerprint density at radius 3 is 2.75 bits per heavy atom. The molecular formula is C20H16Br2ClN5O2S2. The van der Waals surface area contributed by atoms with Crippen LogP contribution in [0.1, 0.15) is 5.82 Å². The molecule has 2 N–H and O–H groups in total. The Kier molecular flexibility index (Phi) is 7.53. The lowest BCUT2D eigenvalue weighted by molar-refractivity contribution is 0.213. The van der Waals surface area contributed by atoms with Crippen molar-refractivity contribution in [2.24, 2.45) is 0 Å². The molecule has 0 aliphatic rings. The minimum atomic E-state index is -0.593. The molecule has 0 radical (unpaired) electrons. The van der Waals surface area contributed by atoms with Gasteiger partial charge in [-0.15, -0.1) is 10.2 Å². The highest BCUT2D eigenvalue weighted by atomic mass is 79.9. The molecule has 0 bridgehead atoms. The van der Waals surface area contributed by atoms with Crippen molar-refractivity contribution in [3.8, 4) is 5.13 Å². The second kappa shape index (κ2) is 10.2. The van der Waals surface area contributed by atoms with E-state index >= 15 is 0 Å². The van der Waals surface area contributed by atoms with E-state index in [2.05, 4.69) is 52.4 Å². The number of aliphatic hydroxyl groups excluding tert-OH is 1. The van der Waals surface area contributed by atoms with Crippen molar-refractivity contribution >= 4 is 83.1 Å². The number of nitrogens with zero attached hydrogens (tertiary/aromatic N) is 4. The van der Waals surface area contributed by atoms with Crippen LogP contribution in [-0.4, -0.2) is 43.3 Å². The van der Waals surface area contributed by atoms with Crippen molar-refractivity contribution < 1.29 is 5.11 Å². The van der Waals surface area contributed by atoms with Crippen molar-refractivity contribution in [1.82, 2.24) is 19.7 Å². The largest absolute Gasteiger partial charge is 0.390 e. The first-order valence-corrected chi connectivity index (χ1v) is 13.1. The monoisotopic (exact) mass is 615 g/mol. The van der Waals surface area contributed by atoms with Gasteiger partial charge in [-0.3, -0.25) is 4.79 Å². The summed E-state index contributed by atoms with van der Waals surface area (Å²) in [5.74, 6) is 0.948. The van der Waals surface area contributed by atoms with Gasteiger partial charge in [-0.2, -0.15) is 0 Å². The minimum Gasteiger partial charge on any atom is -0.390 e. The molecule has 0 saturated heterocycles. The molecule has 32 heavy (non-hydrogen) atoms. The summed E-state index contributed by atoms with van der Waals surface area (Å²) < 4.78 is 3.64. The lowest BCUT2D eigenvalue weighted by Crippen LogP contribution is -2.22. The number of hydrogen-bond acceptors (Lipinski definition) is 8. The highest BCUT2D eigenvalue weighted by molar-refractivity contribution is 9.11. The number of aryl methyl sites for hydroxylation is 1. The topological polar surface area (TPSA) is 92.9 Å². The Hall–Kier alpha value is -1.50. The molecule has 7 nitrogen and oxygen atoms in total. The Labute approximate surface area is 213 Å². The summed E-state index contributed by atoms with van der Waals surface area (Å²) in [6.45, 7) is 2.15. The average molecular weight is 618 g/mol. The first kappa shape index (κ1) is 23.7. The van der Waals surface area contributed by atoms with Gasteiger partial charge < -0.3 is 10.4 Å². The molecule has 0 fully saturated rings. The zero-order valence-corrected chi connectivity index (χ0v) is 22.1. The van der Waals surface area contributed by atoms with Crippen molar-refractivity contribution in [3.63, 3.8) is 0 Å². The number of anilines is 1. The molecule has 1 unspecified atom stereocenters. The maximum atomic E-state index is 13.1. The van der Waals surface area contributed by atoms with Gasteiger partial charge in [0, 0.05) is 32.0 Å². The van der Waals surface area contributed by atoms with E-state index < -0.39 is 6.10 Å². The van der Waals surface area contributed by atoms with E-state index in [1.54, 1.807) is 25.1 Å². The number of hydrogen-bond donors (Lipinski definition) is 2. The van der Waals surface area contributed by atoms with Crippen LogP contribution in [0.15, 0.2) is 54.5 Å². The fraction of sp³-hybridized carbons (Fsp3) is 0.200. The summed E-state index contributed by atoms with van der Waals surface area (Å²) in [6.07, 6.45) is -0.593. The van der Waals surface area contributed by atoms with Crippen LogP contribution >= 0.6 is 66.6 Å². The quantitative estimate of drug-likeness (QED) is 0.272. The number of aliphatic hydroxyl groups is 1. The summed E-state index contributed by atoms with van der Waals surface area (Å²) in [6, 6.07) is 10.9. The Morgan fingerprint density at radius 2 is 2.00 bits per heavy atom. The molecule has 2 heterocycles.